The van der Waals surface area contributed by atoms with Crippen molar-refractivity contribution in [1.29, 1.82) is 0 Å². The zero-order chi connectivity index (χ0) is 19.3. The van der Waals surface area contributed by atoms with Crippen LogP contribution in [0, 0.1) is 5.41 Å². The van der Waals surface area contributed by atoms with Gasteiger partial charge in [-0.2, -0.15) is 0 Å². The minimum atomic E-state index is -1.03. The Kier molecular flexibility index (Phi) is 4.39. The van der Waals surface area contributed by atoms with Gasteiger partial charge >= 0.3 is 0 Å². The fourth-order valence-electron chi connectivity index (χ4n) is 5.22. The van der Waals surface area contributed by atoms with E-state index < -0.39 is 24.5 Å². The number of aliphatic hydroxyl groups is 2. The van der Waals surface area contributed by atoms with E-state index >= 15 is 0 Å². The maximum atomic E-state index is 10.7. The predicted octanol–water partition coefficient (Wildman–Crippen LogP) is 1.11. The maximum absolute atomic E-state index is 10.7. The number of anilines is 1. The summed E-state index contributed by atoms with van der Waals surface area (Å²) in [5.41, 5.74) is 8.13. The number of allylic oxidation sites excluding steroid dienone is 1. The summed E-state index contributed by atoms with van der Waals surface area (Å²) in [6.45, 7) is 2.07. The molecule has 4 heterocycles. The summed E-state index contributed by atoms with van der Waals surface area (Å²) in [6, 6.07) is 1.81. The molecular weight excluding hydrogens is 358 g/mol. The second kappa shape index (κ2) is 6.81. The highest BCUT2D eigenvalue weighted by Gasteiger charge is 2.47. The van der Waals surface area contributed by atoms with Gasteiger partial charge in [-0.25, -0.2) is 9.97 Å². The Morgan fingerprint density at radius 3 is 2.86 bits per heavy atom. The van der Waals surface area contributed by atoms with E-state index in [2.05, 4.69) is 21.4 Å². The molecule has 8 nitrogen and oxygen atoms in total. The van der Waals surface area contributed by atoms with Crippen LogP contribution in [0.25, 0.3) is 11.0 Å². The van der Waals surface area contributed by atoms with Crippen molar-refractivity contribution in [2.45, 2.75) is 56.6 Å². The summed E-state index contributed by atoms with van der Waals surface area (Å²) in [4.78, 5) is 8.28. The Morgan fingerprint density at radius 1 is 1.21 bits per heavy atom. The predicted molar refractivity (Wildman–Crippen MR) is 104 cm³/mol. The molecule has 0 aromatic carbocycles. The molecule has 2 aromatic rings. The van der Waals surface area contributed by atoms with Gasteiger partial charge in [-0.1, -0.05) is 11.6 Å². The molecule has 1 aliphatic carbocycles. The molecule has 2 aromatic heterocycles. The van der Waals surface area contributed by atoms with Crippen molar-refractivity contribution < 1.29 is 14.9 Å². The second-order valence-electron chi connectivity index (χ2n) is 8.27. The third-order valence-corrected chi connectivity index (χ3v) is 6.83. The number of fused-ring (bicyclic) bond motifs is 1. The lowest BCUT2D eigenvalue weighted by atomic mass is 9.72. The number of aromatic nitrogens is 3. The number of hydrogen-bond donors (Lipinski definition) is 4. The monoisotopic (exact) mass is 385 g/mol. The van der Waals surface area contributed by atoms with Gasteiger partial charge < -0.3 is 30.6 Å². The number of piperidine rings is 1. The van der Waals surface area contributed by atoms with Crippen molar-refractivity contribution >= 4 is 16.9 Å². The first-order valence-electron chi connectivity index (χ1n) is 10.1. The number of ether oxygens (including phenoxy) is 1. The average Bonchev–Trinajstić information content (AvgIpc) is 3.37. The Labute approximate surface area is 163 Å². The molecule has 3 aliphatic rings. The number of nitrogens with two attached hydrogens (primary N) is 1. The topological polar surface area (TPSA) is 118 Å². The molecule has 4 atom stereocenters. The molecule has 0 saturated carbocycles. The largest absolute Gasteiger partial charge is 0.388 e. The molecule has 1 spiro atoms. The van der Waals surface area contributed by atoms with Crippen molar-refractivity contribution in [3.05, 3.63) is 30.2 Å². The summed E-state index contributed by atoms with van der Waals surface area (Å²) in [5, 5.41) is 25.6. The van der Waals surface area contributed by atoms with Crippen LogP contribution in [0.4, 0.5) is 5.82 Å². The van der Waals surface area contributed by atoms with Gasteiger partial charge in [-0.05, 0) is 56.7 Å². The lowest BCUT2D eigenvalue weighted by Gasteiger charge is -2.38. The van der Waals surface area contributed by atoms with Gasteiger partial charge in [-0.15, -0.1) is 0 Å². The third kappa shape index (κ3) is 2.75. The van der Waals surface area contributed by atoms with Gasteiger partial charge in [0.1, 0.15) is 30.0 Å². The molecule has 0 bridgehead atoms. The van der Waals surface area contributed by atoms with Gasteiger partial charge in [0.05, 0.1) is 11.5 Å². The molecule has 2 aliphatic heterocycles. The smallest absolute Gasteiger partial charge is 0.164 e. The van der Waals surface area contributed by atoms with Crippen LogP contribution in [0.2, 0.25) is 0 Å². The van der Waals surface area contributed by atoms with Crippen LogP contribution in [-0.2, 0) is 4.74 Å². The summed E-state index contributed by atoms with van der Waals surface area (Å²) >= 11 is 0. The fraction of sp³-hybridized carbons (Fsp3) is 0.600. The number of nitrogens with zero attached hydrogens (tertiary/aromatic N) is 3. The summed E-state index contributed by atoms with van der Waals surface area (Å²) in [5.74, 6) is 0.386. The van der Waals surface area contributed by atoms with E-state index in [4.69, 9.17) is 10.5 Å². The van der Waals surface area contributed by atoms with E-state index in [1.807, 2.05) is 6.07 Å². The maximum Gasteiger partial charge on any atom is 0.164 e. The molecule has 5 rings (SSSR count). The van der Waals surface area contributed by atoms with Crippen LogP contribution in [0.1, 0.15) is 38.3 Å². The van der Waals surface area contributed by atoms with E-state index in [1.165, 1.54) is 18.3 Å². The summed E-state index contributed by atoms with van der Waals surface area (Å²) in [6.07, 6.45) is 7.58. The third-order valence-electron chi connectivity index (χ3n) is 6.83. The minimum Gasteiger partial charge on any atom is -0.388 e. The summed E-state index contributed by atoms with van der Waals surface area (Å²) in [7, 11) is 0. The zero-order valence-corrected chi connectivity index (χ0v) is 15.8. The number of aliphatic hydroxyl groups excluding tert-OH is 2. The van der Waals surface area contributed by atoms with Crippen LogP contribution in [0.3, 0.4) is 0 Å². The van der Waals surface area contributed by atoms with E-state index in [0.717, 1.165) is 32.4 Å². The van der Waals surface area contributed by atoms with Crippen LogP contribution in [-0.4, -0.2) is 56.1 Å². The first kappa shape index (κ1) is 18.1. The van der Waals surface area contributed by atoms with Crippen LogP contribution in [0.15, 0.2) is 30.2 Å². The van der Waals surface area contributed by atoms with Gasteiger partial charge in [0.2, 0.25) is 0 Å². The van der Waals surface area contributed by atoms with E-state index in [-0.39, 0.29) is 5.41 Å². The van der Waals surface area contributed by atoms with Crippen LogP contribution >= 0.6 is 0 Å². The zero-order valence-electron chi connectivity index (χ0n) is 15.8. The lowest BCUT2D eigenvalue weighted by Crippen LogP contribution is -2.38. The Morgan fingerprint density at radius 2 is 2.04 bits per heavy atom. The SMILES string of the molecule is Nc1ncnc2c1ccn2[C@@H]1O[C@H](CC2=CCCC23CCNCC3)[C@@H](O)[C@H]1O. The normalized spacial score (nSPS) is 32.3. The first-order chi connectivity index (χ1) is 13.6. The van der Waals surface area contributed by atoms with Crippen LogP contribution < -0.4 is 11.1 Å². The molecule has 28 heavy (non-hydrogen) atoms. The van der Waals surface area contributed by atoms with Crippen molar-refractivity contribution in [3.63, 3.8) is 0 Å². The van der Waals surface area contributed by atoms with Crippen molar-refractivity contribution in [3.8, 4) is 0 Å². The Balaban J connectivity index is 1.38. The van der Waals surface area contributed by atoms with E-state index in [1.54, 1.807) is 10.8 Å². The molecule has 0 unspecified atom stereocenters. The second-order valence-corrected chi connectivity index (χ2v) is 8.27. The molecule has 5 N–H and O–H groups in total. The number of rotatable bonds is 3. The van der Waals surface area contributed by atoms with Crippen molar-refractivity contribution in [2.75, 3.05) is 18.8 Å². The summed E-state index contributed by atoms with van der Waals surface area (Å²) < 4.78 is 7.92. The molecule has 150 valence electrons. The van der Waals surface area contributed by atoms with Crippen molar-refractivity contribution in [2.24, 2.45) is 5.41 Å². The quantitative estimate of drug-likeness (QED) is 0.585. The fourth-order valence-corrected chi connectivity index (χ4v) is 5.22. The molecule has 2 saturated heterocycles. The number of hydrogen-bond acceptors (Lipinski definition) is 7. The number of nitrogen functional groups attached to an aromatic ring is 1. The standard InChI is InChI=1S/C20H27N5O3/c21-17-13-3-9-25(18(13)24-11-23-17)19-16(27)15(26)14(28-19)10-12-2-1-4-20(12)5-7-22-8-6-20/h2-3,9,11,14-16,19,22,26-27H,1,4-8,10H2,(H2,21,23,24)/t14-,15-,16-,19-/m1/s1. The van der Waals surface area contributed by atoms with Crippen LogP contribution in [0.5, 0.6) is 0 Å². The average molecular weight is 385 g/mol. The van der Waals surface area contributed by atoms with Gasteiger partial charge in [-0.3, -0.25) is 0 Å². The molecule has 2 fully saturated rings. The Hall–Kier alpha value is -2.00. The van der Waals surface area contributed by atoms with E-state index in [9.17, 15) is 10.2 Å². The van der Waals surface area contributed by atoms with Crippen molar-refractivity contribution in [1.82, 2.24) is 19.9 Å². The molecular formula is C20H27N5O3. The highest BCUT2D eigenvalue weighted by molar-refractivity contribution is 5.86. The molecule has 0 amide bonds. The van der Waals surface area contributed by atoms with E-state index in [0.29, 0.717) is 23.3 Å². The van der Waals surface area contributed by atoms with Gasteiger partial charge in [0.25, 0.3) is 0 Å². The first-order valence-corrected chi connectivity index (χ1v) is 10.1. The lowest BCUT2D eigenvalue weighted by molar-refractivity contribution is -0.0354. The van der Waals surface area contributed by atoms with Gasteiger partial charge in [0, 0.05) is 6.20 Å². The highest BCUT2D eigenvalue weighted by atomic mass is 16.6. The molecule has 0 radical (unpaired) electrons. The highest BCUT2D eigenvalue weighted by Crippen LogP contribution is 2.49. The molecule has 8 heteroatoms. The number of nitrogens with one attached hydrogen (secondary N) is 1. The Bertz CT molecular complexity index is 904. The minimum absolute atomic E-state index is 0.235. The van der Waals surface area contributed by atoms with Gasteiger partial charge in [0.15, 0.2) is 6.23 Å².